The van der Waals surface area contributed by atoms with Crippen molar-refractivity contribution in [1.82, 2.24) is 0 Å². The number of carbonyl (C=O) groups excluding carboxylic acids is 2. The number of Topliss-reactive ketones (excluding diaryl/α,β-unsaturated/α-hetero) is 2. The van der Waals surface area contributed by atoms with Crippen LogP contribution in [-0.4, -0.2) is 21.8 Å². The Bertz CT molecular complexity index is 2060. The lowest BCUT2D eigenvalue weighted by Gasteiger charge is -2.43. The highest BCUT2D eigenvalue weighted by Gasteiger charge is 2.42. The van der Waals surface area contributed by atoms with Crippen LogP contribution in [0.25, 0.3) is 5.57 Å². The standard InChI is InChI=1S/C46H46F2O4/c1-28(30-10-19-36(47)20-11-30)29-6-14-33(15-7-29)45(2,3)35-18-25-41(40(26-35)44(52)39-24-23-38(49)27-42(39)50)46(4,5)34-16-8-31(9-17-34)43(51)32-12-21-37(48)22-13-32/h6-8,10-12,14,16,18-25,27,32-33,40,49-50H,1,9,13,15,17,26H2,2-5H3. The Morgan fingerprint density at radius 2 is 1.54 bits per heavy atom. The number of rotatable bonds is 10. The first kappa shape index (κ1) is 36.7. The van der Waals surface area contributed by atoms with Crippen molar-refractivity contribution < 1.29 is 28.6 Å². The molecule has 4 nitrogen and oxygen atoms in total. The molecule has 2 aromatic carbocycles. The molecule has 0 aromatic heterocycles. The van der Waals surface area contributed by atoms with Crippen molar-refractivity contribution in [2.24, 2.45) is 28.6 Å². The first-order valence-electron chi connectivity index (χ1n) is 18.0. The van der Waals surface area contributed by atoms with Crippen LogP contribution in [0.4, 0.5) is 8.78 Å². The summed E-state index contributed by atoms with van der Waals surface area (Å²) >= 11 is 0. The van der Waals surface area contributed by atoms with Crippen molar-refractivity contribution in [3.63, 3.8) is 0 Å². The normalized spacial score (nSPS) is 22.0. The van der Waals surface area contributed by atoms with E-state index in [2.05, 4.69) is 64.7 Å². The second-order valence-electron chi connectivity index (χ2n) is 15.4. The number of benzene rings is 2. The van der Waals surface area contributed by atoms with Crippen molar-refractivity contribution >= 4 is 17.1 Å². The Balaban J connectivity index is 1.29. The number of hydrogen-bond acceptors (Lipinski definition) is 4. The summed E-state index contributed by atoms with van der Waals surface area (Å²) in [6.45, 7) is 12.9. The van der Waals surface area contributed by atoms with Crippen LogP contribution in [0, 0.1) is 34.4 Å². The van der Waals surface area contributed by atoms with E-state index in [1.165, 1.54) is 42.5 Å². The lowest BCUT2D eigenvalue weighted by Crippen LogP contribution is -2.34. The van der Waals surface area contributed by atoms with E-state index in [4.69, 9.17) is 0 Å². The zero-order chi connectivity index (χ0) is 37.4. The number of phenols is 2. The van der Waals surface area contributed by atoms with Gasteiger partial charge in [0.1, 0.15) is 23.1 Å². The Morgan fingerprint density at radius 1 is 0.808 bits per heavy atom. The molecule has 0 heterocycles. The minimum Gasteiger partial charge on any atom is -0.508 e. The molecule has 268 valence electrons. The minimum absolute atomic E-state index is 0.00847. The molecule has 0 amide bonds. The van der Waals surface area contributed by atoms with E-state index in [-0.39, 0.29) is 57.5 Å². The van der Waals surface area contributed by atoms with Crippen LogP contribution < -0.4 is 0 Å². The van der Waals surface area contributed by atoms with E-state index in [1.54, 1.807) is 18.2 Å². The summed E-state index contributed by atoms with van der Waals surface area (Å²) in [6, 6.07) is 10.4. The molecule has 6 rings (SSSR count). The van der Waals surface area contributed by atoms with Gasteiger partial charge in [0.15, 0.2) is 11.6 Å². The number of ketones is 2. The zero-order valence-electron chi connectivity index (χ0n) is 30.3. The van der Waals surface area contributed by atoms with Crippen molar-refractivity contribution in [2.45, 2.75) is 59.8 Å². The van der Waals surface area contributed by atoms with Crippen molar-refractivity contribution in [1.29, 1.82) is 0 Å². The fraction of sp³-hybridized carbons (Fsp3) is 0.304. The van der Waals surface area contributed by atoms with Gasteiger partial charge >= 0.3 is 0 Å². The fourth-order valence-corrected chi connectivity index (χ4v) is 7.99. The van der Waals surface area contributed by atoms with Crippen LogP contribution in [0.3, 0.4) is 0 Å². The van der Waals surface area contributed by atoms with Gasteiger partial charge in [0.25, 0.3) is 0 Å². The maximum absolute atomic E-state index is 14.5. The SMILES string of the molecule is C=C(C1=CCC(C(C)(C)C2=CC=C(C(C)(C)C3=CC=C(C(=O)C4C=CC(F)=CC4)CC3)C(C(=O)c3ccc(O)cc3O)C2)C=C1)c1ccc(F)cc1. The molecule has 2 aromatic rings. The van der Waals surface area contributed by atoms with Gasteiger partial charge in [-0.15, -0.1) is 0 Å². The van der Waals surface area contributed by atoms with E-state index in [0.29, 0.717) is 31.3 Å². The second-order valence-corrected chi connectivity index (χ2v) is 15.4. The van der Waals surface area contributed by atoms with Gasteiger partial charge in [-0.3, -0.25) is 9.59 Å². The fourth-order valence-electron chi connectivity index (χ4n) is 7.99. The Labute approximate surface area is 305 Å². The van der Waals surface area contributed by atoms with Gasteiger partial charge in [-0.1, -0.05) is 106 Å². The molecular weight excluding hydrogens is 654 g/mol. The third-order valence-electron chi connectivity index (χ3n) is 11.6. The van der Waals surface area contributed by atoms with Gasteiger partial charge in [-0.05, 0) is 108 Å². The van der Waals surface area contributed by atoms with E-state index in [0.717, 1.165) is 39.8 Å². The number of phenolic OH excluding ortho intramolecular Hbond substituents is 2. The lowest BCUT2D eigenvalue weighted by atomic mass is 9.61. The van der Waals surface area contributed by atoms with E-state index < -0.39 is 11.3 Å². The third kappa shape index (κ3) is 7.30. The zero-order valence-corrected chi connectivity index (χ0v) is 30.3. The van der Waals surface area contributed by atoms with Crippen molar-refractivity contribution in [2.75, 3.05) is 0 Å². The summed E-state index contributed by atoms with van der Waals surface area (Å²) < 4.78 is 27.0. The molecule has 0 bridgehead atoms. The number of hydrogen-bond donors (Lipinski definition) is 2. The van der Waals surface area contributed by atoms with Crippen LogP contribution in [0.2, 0.25) is 0 Å². The average molecular weight is 701 g/mol. The maximum Gasteiger partial charge on any atom is 0.174 e. The molecular formula is C46H46F2O4. The quantitative estimate of drug-likeness (QED) is 0.242. The molecule has 6 heteroatoms. The number of allylic oxidation sites excluding steroid dienone is 17. The molecule has 4 aliphatic carbocycles. The summed E-state index contributed by atoms with van der Waals surface area (Å²) in [7, 11) is 0. The topological polar surface area (TPSA) is 74.6 Å². The third-order valence-corrected chi connectivity index (χ3v) is 11.6. The molecule has 0 saturated heterocycles. The molecule has 0 radical (unpaired) electrons. The summed E-state index contributed by atoms with van der Waals surface area (Å²) in [6.07, 6.45) is 21.8. The Hall–Kier alpha value is -5.10. The predicted molar refractivity (Wildman–Crippen MR) is 204 cm³/mol. The summed E-state index contributed by atoms with van der Waals surface area (Å²) in [4.78, 5) is 27.7. The molecule has 0 spiro atoms. The smallest absolute Gasteiger partial charge is 0.174 e. The van der Waals surface area contributed by atoms with E-state index in [1.807, 2.05) is 12.2 Å². The van der Waals surface area contributed by atoms with Crippen LogP contribution in [0.5, 0.6) is 11.5 Å². The summed E-state index contributed by atoms with van der Waals surface area (Å²) in [5.41, 5.74) is 5.82. The largest absolute Gasteiger partial charge is 0.508 e. The molecule has 0 fully saturated rings. The van der Waals surface area contributed by atoms with Gasteiger partial charge in [0, 0.05) is 23.3 Å². The van der Waals surface area contributed by atoms with Gasteiger partial charge < -0.3 is 10.2 Å². The predicted octanol–water partition coefficient (Wildman–Crippen LogP) is 11.2. The second kappa shape index (κ2) is 14.5. The Kier molecular flexibility index (Phi) is 10.2. The summed E-state index contributed by atoms with van der Waals surface area (Å²) in [5, 5.41) is 20.8. The highest BCUT2D eigenvalue weighted by molar-refractivity contribution is 6.02. The van der Waals surface area contributed by atoms with Crippen LogP contribution in [0.1, 0.15) is 75.7 Å². The van der Waals surface area contributed by atoms with E-state index >= 15 is 0 Å². The first-order chi connectivity index (χ1) is 24.7. The van der Waals surface area contributed by atoms with Gasteiger partial charge in [0.2, 0.25) is 0 Å². The minimum atomic E-state index is -0.580. The summed E-state index contributed by atoms with van der Waals surface area (Å²) in [5.74, 6) is -2.01. The van der Waals surface area contributed by atoms with Crippen LogP contribution in [0.15, 0.2) is 143 Å². The molecule has 4 aliphatic rings. The molecule has 0 aliphatic heterocycles. The molecule has 3 atom stereocenters. The highest BCUT2D eigenvalue weighted by atomic mass is 19.1. The Morgan fingerprint density at radius 3 is 2.15 bits per heavy atom. The van der Waals surface area contributed by atoms with Crippen molar-refractivity contribution in [3.05, 3.63) is 160 Å². The molecule has 3 unspecified atom stereocenters. The van der Waals surface area contributed by atoms with Crippen LogP contribution in [-0.2, 0) is 4.79 Å². The maximum atomic E-state index is 14.5. The van der Waals surface area contributed by atoms with Crippen LogP contribution >= 0.6 is 0 Å². The monoisotopic (exact) mass is 700 g/mol. The highest BCUT2D eigenvalue weighted by Crippen LogP contribution is 2.51. The number of aromatic hydroxyl groups is 2. The molecule has 0 saturated carbocycles. The van der Waals surface area contributed by atoms with E-state index in [9.17, 15) is 28.6 Å². The first-order valence-corrected chi connectivity index (χ1v) is 18.0. The average Bonchev–Trinajstić information content (AvgIpc) is 3.14. The molecule has 2 N–H and O–H groups in total. The van der Waals surface area contributed by atoms with Crippen molar-refractivity contribution in [3.8, 4) is 11.5 Å². The van der Waals surface area contributed by atoms with Gasteiger partial charge in [-0.25, -0.2) is 8.78 Å². The van der Waals surface area contributed by atoms with Gasteiger partial charge in [-0.2, -0.15) is 0 Å². The number of halogens is 2. The lowest BCUT2D eigenvalue weighted by molar-refractivity contribution is -0.118. The number of carbonyl (C=O) groups is 2. The van der Waals surface area contributed by atoms with Gasteiger partial charge in [0.05, 0.1) is 5.56 Å². The molecule has 52 heavy (non-hydrogen) atoms.